The number of nitrogens with one attached hydrogen (secondary N) is 1. The van der Waals surface area contributed by atoms with Gasteiger partial charge in [0.2, 0.25) is 5.91 Å². The predicted molar refractivity (Wildman–Crippen MR) is 73.8 cm³/mol. The van der Waals surface area contributed by atoms with Crippen molar-refractivity contribution in [2.45, 2.75) is 26.7 Å². The van der Waals surface area contributed by atoms with E-state index in [0.717, 1.165) is 19.4 Å². The highest BCUT2D eigenvalue weighted by Crippen LogP contribution is 2.46. The molecule has 1 amide bonds. The Balaban J connectivity index is 2.46. The maximum atomic E-state index is 12.0. The Kier molecular flexibility index (Phi) is 4.15. The van der Waals surface area contributed by atoms with Crippen LogP contribution in [0, 0.1) is 10.8 Å². The summed E-state index contributed by atoms with van der Waals surface area (Å²) in [4.78, 5) is 14.5. The second-order valence-corrected chi connectivity index (χ2v) is 6.47. The summed E-state index contributed by atoms with van der Waals surface area (Å²) in [6.07, 6.45) is 1.59. The summed E-state index contributed by atoms with van der Waals surface area (Å²) in [7, 11) is 4.06. The molecule has 4 nitrogen and oxygen atoms in total. The maximum absolute atomic E-state index is 12.0. The molecule has 0 radical (unpaired) electrons. The van der Waals surface area contributed by atoms with Gasteiger partial charge < -0.3 is 16.0 Å². The van der Waals surface area contributed by atoms with Crippen LogP contribution in [0.3, 0.4) is 0 Å². The number of hydrogen-bond acceptors (Lipinski definition) is 3. The lowest BCUT2D eigenvalue weighted by atomic mass is 9.92. The summed E-state index contributed by atoms with van der Waals surface area (Å²) in [5, 5.41) is 2.98. The van der Waals surface area contributed by atoms with E-state index in [4.69, 9.17) is 18.0 Å². The third-order valence-electron chi connectivity index (χ3n) is 3.13. The van der Waals surface area contributed by atoms with Gasteiger partial charge in [-0.2, -0.15) is 0 Å². The molecule has 5 heteroatoms. The number of thiocarbonyl (C=S) groups is 1. The van der Waals surface area contributed by atoms with Gasteiger partial charge in [0, 0.05) is 13.1 Å². The Morgan fingerprint density at radius 2 is 2.00 bits per heavy atom. The Hall–Kier alpha value is -0.680. The zero-order chi connectivity index (χ0) is 13.3. The molecule has 0 aromatic carbocycles. The molecule has 1 rings (SSSR count). The Morgan fingerprint density at radius 3 is 2.35 bits per heavy atom. The first-order valence-corrected chi connectivity index (χ1v) is 6.33. The van der Waals surface area contributed by atoms with E-state index in [1.165, 1.54) is 0 Å². The number of nitrogens with zero attached hydrogens (tertiary/aromatic N) is 1. The Bertz CT molecular complexity index is 322. The molecule has 0 atom stereocenters. The number of hydrogen-bond donors (Lipinski definition) is 2. The quantitative estimate of drug-likeness (QED) is 0.690. The molecule has 1 saturated carbocycles. The summed E-state index contributed by atoms with van der Waals surface area (Å²) < 4.78 is 0. The standard InChI is InChI=1S/C12H23N3OS/c1-11(2,8-15(3)4)7-14-10(16)12(5-6-12)9(13)17/h5-8H2,1-4H3,(H2,13,17)(H,14,16). The summed E-state index contributed by atoms with van der Waals surface area (Å²) in [5.74, 6) is -0.00293. The minimum absolute atomic E-state index is 0.00293. The lowest BCUT2D eigenvalue weighted by Crippen LogP contribution is -2.45. The van der Waals surface area contributed by atoms with Crippen LogP contribution in [-0.4, -0.2) is 43.0 Å². The van der Waals surface area contributed by atoms with E-state index in [-0.39, 0.29) is 11.3 Å². The molecule has 98 valence electrons. The first kappa shape index (κ1) is 14.4. The molecule has 1 aliphatic rings. The number of nitrogens with two attached hydrogens (primary N) is 1. The summed E-state index contributed by atoms with van der Waals surface area (Å²) in [5.41, 5.74) is 5.12. The molecular formula is C12H23N3OS. The smallest absolute Gasteiger partial charge is 0.233 e. The van der Waals surface area contributed by atoms with Crippen molar-refractivity contribution in [1.29, 1.82) is 0 Å². The molecular weight excluding hydrogens is 234 g/mol. The monoisotopic (exact) mass is 257 g/mol. The molecule has 0 aromatic heterocycles. The topological polar surface area (TPSA) is 58.4 Å². The molecule has 0 spiro atoms. The molecule has 1 fully saturated rings. The van der Waals surface area contributed by atoms with Crippen LogP contribution in [0.4, 0.5) is 0 Å². The van der Waals surface area contributed by atoms with Gasteiger partial charge in [-0.3, -0.25) is 4.79 Å². The average molecular weight is 257 g/mol. The highest BCUT2D eigenvalue weighted by atomic mass is 32.1. The zero-order valence-corrected chi connectivity index (χ0v) is 12.0. The third kappa shape index (κ3) is 3.64. The number of rotatable bonds is 6. The summed E-state index contributed by atoms with van der Waals surface area (Å²) in [6, 6.07) is 0. The fraction of sp³-hybridized carbons (Fsp3) is 0.833. The largest absolute Gasteiger partial charge is 0.392 e. The highest BCUT2D eigenvalue weighted by Gasteiger charge is 2.52. The van der Waals surface area contributed by atoms with Gasteiger partial charge in [-0.1, -0.05) is 26.1 Å². The van der Waals surface area contributed by atoms with Crippen molar-refractivity contribution in [3.05, 3.63) is 0 Å². The van der Waals surface area contributed by atoms with Crippen molar-refractivity contribution in [3.63, 3.8) is 0 Å². The van der Waals surface area contributed by atoms with Crippen molar-refractivity contribution in [2.75, 3.05) is 27.2 Å². The van der Waals surface area contributed by atoms with Gasteiger partial charge in [0.05, 0.1) is 10.4 Å². The first-order valence-electron chi connectivity index (χ1n) is 5.93. The minimum atomic E-state index is -0.538. The molecule has 0 bridgehead atoms. The van der Waals surface area contributed by atoms with Crippen LogP contribution in [0.1, 0.15) is 26.7 Å². The molecule has 0 heterocycles. The zero-order valence-electron chi connectivity index (χ0n) is 11.2. The van der Waals surface area contributed by atoms with Crippen molar-refractivity contribution in [1.82, 2.24) is 10.2 Å². The van der Waals surface area contributed by atoms with E-state index in [1.54, 1.807) is 0 Å². The van der Waals surface area contributed by atoms with Crippen molar-refractivity contribution < 1.29 is 4.79 Å². The van der Waals surface area contributed by atoms with E-state index in [0.29, 0.717) is 11.5 Å². The van der Waals surface area contributed by atoms with E-state index in [2.05, 4.69) is 24.1 Å². The average Bonchev–Trinajstić information content (AvgIpc) is 2.92. The van der Waals surface area contributed by atoms with Gasteiger partial charge >= 0.3 is 0 Å². The van der Waals surface area contributed by atoms with E-state index in [1.807, 2.05) is 14.1 Å². The second-order valence-electron chi connectivity index (χ2n) is 6.03. The Labute approximate surface area is 109 Å². The van der Waals surface area contributed by atoms with Gasteiger partial charge in [0.25, 0.3) is 0 Å². The minimum Gasteiger partial charge on any atom is -0.392 e. The van der Waals surface area contributed by atoms with Crippen LogP contribution < -0.4 is 11.1 Å². The van der Waals surface area contributed by atoms with Gasteiger partial charge in [-0.25, -0.2) is 0 Å². The third-order valence-corrected chi connectivity index (χ3v) is 3.52. The summed E-state index contributed by atoms with van der Waals surface area (Å²) >= 11 is 4.96. The van der Waals surface area contributed by atoms with Crippen LogP contribution in [0.2, 0.25) is 0 Å². The number of amides is 1. The van der Waals surface area contributed by atoms with E-state index < -0.39 is 5.41 Å². The predicted octanol–water partition coefficient (Wildman–Crippen LogP) is 0.757. The van der Waals surface area contributed by atoms with Crippen LogP contribution in [-0.2, 0) is 4.79 Å². The second kappa shape index (κ2) is 4.90. The SMILES string of the molecule is CN(C)CC(C)(C)CNC(=O)C1(C(N)=S)CC1. The molecule has 3 N–H and O–H groups in total. The van der Waals surface area contributed by atoms with Gasteiger partial charge in [-0.05, 0) is 32.4 Å². The number of carbonyl (C=O) groups excluding carboxylic acids is 1. The molecule has 0 aromatic rings. The molecule has 0 aliphatic heterocycles. The van der Waals surface area contributed by atoms with Crippen LogP contribution in [0.5, 0.6) is 0 Å². The fourth-order valence-electron chi connectivity index (χ4n) is 2.11. The lowest BCUT2D eigenvalue weighted by molar-refractivity contribution is -0.124. The number of carbonyl (C=O) groups is 1. The lowest BCUT2D eigenvalue weighted by Gasteiger charge is -2.29. The van der Waals surface area contributed by atoms with Gasteiger partial charge in [-0.15, -0.1) is 0 Å². The highest BCUT2D eigenvalue weighted by molar-refractivity contribution is 7.80. The van der Waals surface area contributed by atoms with Crippen molar-refractivity contribution in [2.24, 2.45) is 16.6 Å². The maximum Gasteiger partial charge on any atom is 0.233 e. The first-order chi connectivity index (χ1) is 7.69. The normalized spacial score (nSPS) is 17.9. The van der Waals surface area contributed by atoms with Crippen LogP contribution in [0.25, 0.3) is 0 Å². The van der Waals surface area contributed by atoms with Gasteiger partial charge in [0.1, 0.15) is 0 Å². The Morgan fingerprint density at radius 1 is 1.47 bits per heavy atom. The van der Waals surface area contributed by atoms with Crippen LogP contribution in [0.15, 0.2) is 0 Å². The van der Waals surface area contributed by atoms with Crippen molar-refractivity contribution in [3.8, 4) is 0 Å². The molecule has 0 saturated heterocycles. The van der Waals surface area contributed by atoms with Gasteiger partial charge in [0.15, 0.2) is 0 Å². The fourth-order valence-corrected chi connectivity index (χ4v) is 2.41. The molecule has 1 aliphatic carbocycles. The molecule has 17 heavy (non-hydrogen) atoms. The van der Waals surface area contributed by atoms with Crippen molar-refractivity contribution >= 4 is 23.1 Å². The summed E-state index contributed by atoms with van der Waals surface area (Å²) in [6.45, 7) is 5.84. The van der Waals surface area contributed by atoms with Crippen LogP contribution >= 0.6 is 12.2 Å². The van der Waals surface area contributed by atoms with E-state index >= 15 is 0 Å². The molecule has 0 unspecified atom stereocenters. The van der Waals surface area contributed by atoms with E-state index in [9.17, 15) is 4.79 Å².